The molecule has 1 fully saturated rings. The molecule has 0 saturated carbocycles. The number of aromatic nitrogens is 2. The Balaban J connectivity index is 1.88. The third-order valence-electron chi connectivity index (χ3n) is 5.18. The average Bonchev–Trinajstić information content (AvgIpc) is 3.11. The van der Waals surface area contributed by atoms with Crippen LogP contribution in [0, 0.1) is 0 Å². The van der Waals surface area contributed by atoms with Crippen molar-refractivity contribution >= 4 is 11.9 Å². The summed E-state index contributed by atoms with van der Waals surface area (Å²) in [6.45, 7) is 1.95. The first kappa shape index (κ1) is 18.1. The Labute approximate surface area is 152 Å². The number of aromatic amines is 1. The zero-order valence-electron chi connectivity index (χ0n) is 14.8. The SMILES string of the molecule is C[C@](Cc1cnc[nH]1)(C(=O)O)N1CCC[C@](N)(Cc2ccccc2)C1=O. The van der Waals surface area contributed by atoms with Crippen molar-refractivity contribution in [3.63, 3.8) is 0 Å². The van der Waals surface area contributed by atoms with Crippen LogP contribution in [0.15, 0.2) is 42.9 Å². The zero-order valence-corrected chi connectivity index (χ0v) is 14.8. The standard InChI is InChI=1S/C19H24N4O3/c1-18(17(25)26,11-15-12-21-13-22-15)23-9-5-8-19(20,16(23)24)10-14-6-3-2-4-7-14/h2-4,6-7,12-13H,5,8-11,20H2,1H3,(H,21,22)(H,25,26)/t18-,19-/m0/s1. The van der Waals surface area contributed by atoms with Gasteiger partial charge < -0.3 is 20.7 Å². The molecule has 1 aromatic carbocycles. The highest BCUT2D eigenvalue weighted by molar-refractivity contribution is 5.93. The number of H-pyrrole nitrogens is 1. The van der Waals surface area contributed by atoms with Gasteiger partial charge in [0, 0.05) is 24.9 Å². The number of imidazole rings is 1. The molecule has 1 aromatic heterocycles. The molecule has 4 N–H and O–H groups in total. The van der Waals surface area contributed by atoms with Gasteiger partial charge in [0.05, 0.1) is 11.9 Å². The van der Waals surface area contributed by atoms with E-state index in [9.17, 15) is 14.7 Å². The summed E-state index contributed by atoms with van der Waals surface area (Å²) >= 11 is 0. The van der Waals surface area contributed by atoms with E-state index in [2.05, 4.69) is 9.97 Å². The molecule has 7 nitrogen and oxygen atoms in total. The second-order valence-corrected chi connectivity index (χ2v) is 7.21. The molecule has 1 aliphatic heterocycles. The van der Waals surface area contributed by atoms with Crippen LogP contribution >= 0.6 is 0 Å². The van der Waals surface area contributed by atoms with E-state index in [1.165, 1.54) is 11.2 Å². The quantitative estimate of drug-likeness (QED) is 0.723. The van der Waals surface area contributed by atoms with Crippen molar-refractivity contribution in [2.75, 3.05) is 6.54 Å². The molecule has 0 spiro atoms. The van der Waals surface area contributed by atoms with E-state index in [1.807, 2.05) is 30.3 Å². The Bertz CT molecular complexity index is 777. The van der Waals surface area contributed by atoms with Gasteiger partial charge >= 0.3 is 5.97 Å². The maximum absolute atomic E-state index is 13.2. The Hall–Kier alpha value is -2.67. The van der Waals surface area contributed by atoms with Crippen LogP contribution in [0.2, 0.25) is 0 Å². The summed E-state index contributed by atoms with van der Waals surface area (Å²) in [4.78, 5) is 33.6. The molecule has 3 rings (SSSR count). The van der Waals surface area contributed by atoms with Crippen LogP contribution in [-0.4, -0.2) is 49.5 Å². The van der Waals surface area contributed by atoms with Crippen LogP contribution in [-0.2, 0) is 22.4 Å². The largest absolute Gasteiger partial charge is 0.479 e. The lowest BCUT2D eigenvalue weighted by Gasteiger charge is -2.46. The van der Waals surface area contributed by atoms with Crippen LogP contribution in [0.4, 0.5) is 0 Å². The van der Waals surface area contributed by atoms with Crippen molar-refractivity contribution in [2.24, 2.45) is 5.73 Å². The number of carboxylic acids is 1. The maximum atomic E-state index is 13.2. The lowest BCUT2D eigenvalue weighted by Crippen LogP contribution is -2.67. The van der Waals surface area contributed by atoms with Crippen LogP contribution in [0.3, 0.4) is 0 Å². The number of nitrogens with one attached hydrogen (secondary N) is 1. The van der Waals surface area contributed by atoms with Gasteiger partial charge in [0.1, 0.15) is 5.54 Å². The van der Waals surface area contributed by atoms with Gasteiger partial charge in [-0.05, 0) is 31.7 Å². The summed E-state index contributed by atoms with van der Waals surface area (Å²) in [5.74, 6) is -1.36. The van der Waals surface area contributed by atoms with Gasteiger partial charge in [0.15, 0.2) is 0 Å². The van der Waals surface area contributed by atoms with Crippen LogP contribution in [0.5, 0.6) is 0 Å². The number of hydrogen-bond acceptors (Lipinski definition) is 4. The molecule has 0 aliphatic carbocycles. The van der Waals surface area contributed by atoms with Gasteiger partial charge in [-0.2, -0.15) is 0 Å². The third kappa shape index (κ3) is 3.35. The fourth-order valence-corrected chi connectivity index (χ4v) is 3.66. The second-order valence-electron chi connectivity index (χ2n) is 7.21. The van der Waals surface area contributed by atoms with Crippen molar-refractivity contribution in [2.45, 2.75) is 43.7 Å². The first-order valence-electron chi connectivity index (χ1n) is 8.71. The van der Waals surface area contributed by atoms with E-state index >= 15 is 0 Å². The topological polar surface area (TPSA) is 112 Å². The van der Waals surface area contributed by atoms with E-state index in [-0.39, 0.29) is 12.3 Å². The van der Waals surface area contributed by atoms with Gasteiger partial charge in [-0.1, -0.05) is 30.3 Å². The number of amides is 1. The summed E-state index contributed by atoms with van der Waals surface area (Å²) in [6.07, 6.45) is 4.82. The summed E-state index contributed by atoms with van der Waals surface area (Å²) < 4.78 is 0. The predicted octanol–water partition coefficient (Wildman–Crippen LogP) is 1.36. The van der Waals surface area contributed by atoms with Crippen LogP contribution in [0.25, 0.3) is 0 Å². The van der Waals surface area contributed by atoms with Crippen molar-refractivity contribution in [3.05, 3.63) is 54.1 Å². The fraction of sp³-hybridized carbons (Fsp3) is 0.421. The summed E-state index contributed by atoms with van der Waals surface area (Å²) in [7, 11) is 0. The van der Waals surface area contributed by atoms with Crippen molar-refractivity contribution in [3.8, 4) is 0 Å². The molecular formula is C19H24N4O3. The third-order valence-corrected chi connectivity index (χ3v) is 5.18. The maximum Gasteiger partial charge on any atom is 0.329 e. The first-order chi connectivity index (χ1) is 12.3. The predicted molar refractivity (Wildman–Crippen MR) is 96.3 cm³/mol. The number of carbonyl (C=O) groups excluding carboxylic acids is 1. The molecule has 0 bridgehead atoms. The lowest BCUT2D eigenvalue weighted by molar-refractivity contribution is -0.163. The van der Waals surface area contributed by atoms with Crippen molar-refractivity contribution < 1.29 is 14.7 Å². The second kappa shape index (κ2) is 6.92. The Morgan fingerprint density at radius 2 is 2.15 bits per heavy atom. The smallest absolute Gasteiger partial charge is 0.329 e. The van der Waals surface area contributed by atoms with Crippen LogP contribution in [0.1, 0.15) is 31.0 Å². The van der Waals surface area contributed by atoms with E-state index in [4.69, 9.17) is 5.73 Å². The van der Waals surface area contributed by atoms with Crippen LogP contribution < -0.4 is 5.73 Å². The van der Waals surface area contributed by atoms with E-state index < -0.39 is 17.0 Å². The van der Waals surface area contributed by atoms with Gasteiger partial charge in [0.2, 0.25) is 5.91 Å². The molecule has 2 atom stereocenters. The van der Waals surface area contributed by atoms with Crippen molar-refractivity contribution in [1.29, 1.82) is 0 Å². The molecule has 2 aromatic rings. The molecule has 0 unspecified atom stereocenters. The number of carboxylic acid groups (broad SMARTS) is 1. The monoisotopic (exact) mass is 356 g/mol. The minimum absolute atomic E-state index is 0.148. The minimum atomic E-state index is -1.38. The van der Waals surface area contributed by atoms with Crippen molar-refractivity contribution in [1.82, 2.24) is 14.9 Å². The minimum Gasteiger partial charge on any atom is -0.479 e. The molecule has 7 heteroatoms. The number of rotatable bonds is 6. The normalized spacial score (nSPS) is 22.8. The fourth-order valence-electron chi connectivity index (χ4n) is 3.66. The Morgan fingerprint density at radius 1 is 1.42 bits per heavy atom. The number of carbonyl (C=O) groups is 2. The Morgan fingerprint density at radius 3 is 2.77 bits per heavy atom. The molecular weight excluding hydrogens is 332 g/mol. The van der Waals surface area contributed by atoms with E-state index in [0.717, 1.165) is 5.56 Å². The molecule has 2 heterocycles. The Kier molecular flexibility index (Phi) is 4.82. The highest BCUT2D eigenvalue weighted by atomic mass is 16.4. The van der Waals surface area contributed by atoms with E-state index in [1.54, 1.807) is 13.1 Å². The number of aliphatic carboxylic acids is 1. The number of nitrogens with zero attached hydrogens (tertiary/aromatic N) is 2. The average molecular weight is 356 g/mol. The molecule has 1 amide bonds. The van der Waals surface area contributed by atoms with E-state index in [0.29, 0.717) is 31.5 Å². The number of piperidine rings is 1. The van der Waals surface area contributed by atoms with Gasteiger partial charge in [0.25, 0.3) is 0 Å². The number of benzene rings is 1. The lowest BCUT2D eigenvalue weighted by atomic mass is 9.80. The molecule has 1 aliphatic rings. The molecule has 0 radical (unpaired) electrons. The summed E-state index contributed by atoms with van der Waals surface area (Å²) in [5.41, 5.74) is 5.65. The number of likely N-dealkylation sites (tertiary alicyclic amines) is 1. The molecule has 1 saturated heterocycles. The number of hydrogen-bond donors (Lipinski definition) is 3. The zero-order chi connectivity index (χ0) is 18.8. The highest BCUT2D eigenvalue weighted by Crippen LogP contribution is 2.31. The number of nitrogens with two attached hydrogens (primary N) is 1. The first-order valence-corrected chi connectivity index (χ1v) is 8.71. The van der Waals surface area contributed by atoms with Gasteiger partial charge in [-0.3, -0.25) is 4.79 Å². The summed E-state index contributed by atoms with van der Waals surface area (Å²) in [5, 5.41) is 9.89. The molecule has 26 heavy (non-hydrogen) atoms. The summed E-state index contributed by atoms with van der Waals surface area (Å²) in [6, 6.07) is 9.59. The van der Waals surface area contributed by atoms with Gasteiger partial charge in [-0.25, -0.2) is 9.78 Å². The van der Waals surface area contributed by atoms with Gasteiger partial charge in [-0.15, -0.1) is 0 Å². The molecule has 138 valence electrons. The highest BCUT2D eigenvalue weighted by Gasteiger charge is 2.50.